The molecule has 4 rings (SSSR count). The second kappa shape index (κ2) is 9.37. The molecule has 0 aliphatic heterocycles. The monoisotopic (exact) mass is 492 g/mol. The van der Waals surface area contributed by atoms with Gasteiger partial charge in [-0.2, -0.15) is 0 Å². The summed E-state index contributed by atoms with van der Waals surface area (Å²) in [5.74, 6) is 1.70. The second-order valence-corrected chi connectivity index (χ2v) is 13.8. The zero-order chi connectivity index (χ0) is 26.6. The lowest BCUT2D eigenvalue weighted by molar-refractivity contribution is -0.170. The summed E-state index contributed by atoms with van der Waals surface area (Å²) in [5.41, 5.74) is 6.36. The molecule has 1 N–H and O–H groups in total. The molecule has 1 saturated carbocycles. The molecular weight excluding hydrogens is 444 g/mol. The molecule has 0 saturated heterocycles. The van der Waals surface area contributed by atoms with E-state index in [0.717, 1.165) is 41.5 Å². The summed E-state index contributed by atoms with van der Waals surface area (Å²) in [6.45, 7) is 19.8. The Kier molecular flexibility index (Phi) is 7.03. The van der Waals surface area contributed by atoms with Crippen molar-refractivity contribution in [3.05, 3.63) is 51.6 Å². The number of aryl methyl sites for hydroxylation is 1. The standard InChI is InChI=1S/C33H48O3/c1-20(2)23-11-13-26-24(18-23)12-14-28-32(26,8)15-10-16-33(28,9)30(35)36-19-25-21(3)17-27(31(5,6)7)29(34)22(25)4/h12,17-18,20,26,28,34H,10-11,13-16,19H2,1-9H3/t26-,28?,32+,33+/m0/s1. The molecule has 3 aliphatic carbocycles. The molecule has 0 aromatic heterocycles. The summed E-state index contributed by atoms with van der Waals surface area (Å²) in [6.07, 6.45) is 11.4. The van der Waals surface area contributed by atoms with E-state index in [9.17, 15) is 9.90 Å². The number of carbonyl (C=O) groups is 1. The van der Waals surface area contributed by atoms with Crippen LogP contribution in [0.5, 0.6) is 5.75 Å². The van der Waals surface area contributed by atoms with Gasteiger partial charge in [-0.15, -0.1) is 0 Å². The number of carbonyl (C=O) groups excluding carboxylic acids is 1. The minimum absolute atomic E-state index is 0.0670. The van der Waals surface area contributed by atoms with Crippen LogP contribution in [0, 0.1) is 42.4 Å². The highest BCUT2D eigenvalue weighted by Gasteiger charge is 2.57. The Morgan fingerprint density at radius 3 is 2.53 bits per heavy atom. The van der Waals surface area contributed by atoms with Gasteiger partial charge in [-0.05, 0) is 109 Å². The molecule has 0 amide bonds. The molecule has 198 valence electrons. The summed E-state index contributed by atoms with van der Waals surface area (Å²) in [6, 6.07) is 2.06. The fourth-order valence-electron chi connectivity index (χ4n) is 7.70. The number of hydrogen-bond donors (Lipinski definition) is 1. The van der Waals surface area contributed by atoms with Gasteiger partial charge in [0.2, 0.25) is 0 Å². The van der Waals surface area contributed by atoms with Crippen LogP contribution in [-0.2, 0) is 21.6 Å². The molecule has 1 unspecified atom stereocenters. The average molecular weight is 493 g/mol. The van der Waals surface area contributed by atoms with Gasteiger partial charge in [0, 0.05) is 0 Å². The smallest absolute Gasteiger partial charge is 0.312 e. The second-order valence-electron chi connectivity index (χ2n) is 13.8. The highest BCUT2D eigenvalue weighted by atomic mass is 16.5. The van der Waals surface area contributed by atoms with Crippen molar-refractivity contribution in [1.29, 1.82) is 0 Å². The normalized spacial score (nSPS) is 30.3. The molecule has 1 fully saturated rings. The van der Waals surface area contributed by atoms with Crippen LogP contribution >= 0.6 is 0 Å². The van der Waals surface area contributed by atoms with Crippen molar-refractivity contribution in [2.24, 2.45) is 28.6 Å². The maximum Gasteiger partial charge on any atom is 0.312 e. The Morgan fingerprint density at radius 2 is 1.89 bits per heavy atom. The van der Waals surface area contributed by atoms with Crippen LogP contribution in [0.25, 0.3) is 0 Å². The van der Waals surface area contributed by atoms with Crippen molar-refractivity contribution in [3.63, 3.8) is 0 Å². The lowest BCUT2D eigenvalue weighted by atomic mass is 9.47. The number of phenolic OH excluding ortho intramolecular Hbond substituents is 1. The van der Waals surface area contributed by atoms with Crippen molar-refractivity contribution in [3.8, 4) is 5.75 Å². The lowest BCUT2D eigenvalue weighted by Crippen LogP contribution is -2.53. The van der Waals surface area contributed by atoms with Gasteiger partial charge in [0.1, 0.15) is 12.4 Å². The Hall–Kier alpha value is -2.03. The van der Waals surface area contributed by atoms with Crippen LogP contribution in [0.3, 0.4) is 0 Å². The molecule has 0 bridgehead atoms. The first-order valence-corrected chi connectivity index (χ1v) is 14.1. The third-order valence-electron chi connectivity index (χ3n) is 10.1. The quantitative estimate of drug-likeness (QED) is 0.429. The molecular formula is C33H48O3. The first-order valence-electron chi connectivity index (χ1n) is 14.1. The highest BCUT2D eigenvalue weighted by molar-refractivity contribution is 5.77. The zero-order valence-electron chi connectivity index (χ0n) is 24.2. The van der Waals surface area contributed by atoms with E-state index in [2.05, 4.69) is 73.6 Å². The fraction of sp³-hybridized carbons (Fsp3) is 0.667. The topological polar surface area (TPSA) is 46.5 Å². The molecule has 0 spiro atoms. The Balaban J connectivity index is 1.58. The summed E-state index contributed by atoms with van der Waals surface area (Å²) < 4.78 is 6.11. The molecule has 4 atom stereocenters. The van der Waals surface area contributed by atoms with Gasteiger partial charge in [0.25, 0.3) is 0 Å². The molecule has 3 aliphatic rings. The minimum Gasteiger partial charge on any atom is -0.507 e. The van der Waals surface area contributed by atoms with E-state index in [1.807, 2.05) is 6.92 Å². The van der Waals surface area contributed by atoms with Crippen LogP contribution in [0.2, 0.25) is 0 Å². The van der Waals surface area contributed by atoms with Gasteiger partial charge in [-0.25, -0.2) is 0 Å². The van der Waals surface area contributed by atoms with E-state index in [-0.39, 0.29) is 23.4 Å². The predicted molar refractivity (Wildman–Crippen MR) is 148 cm³/mol. The zero-order valence-corrected chi connectivity index (χ0v) is 24.2. The minimum atomic E-state index is -0.480. The Labute approximate surface area is 219 Å². The molecule has 3 heteroatoms. The van der Waals surface area contributed by atoms with E-state index >= 15 is 0 Å². The van der Waals surface area contributed by atoms with Crippen molar-refractivity contribution in [2.75, 3.05) is 0 Å². The molecule has 1 aromatic carbocycles. The number of allylic oxidation sites excluding steroid dienone is 4. The first kappa shape index (κ1) is 27.0. The van der Waals surface area contributed by atoms with Gasteiger partial charge in [0.15, 0.2) is 0 Å². The maximum absolute atomic E-state index is 13.8. The van der Waals surface area contributed by atoms with E-state index < -0.39 is 5.41 Å². The number of hydrogen-bond acceptors (Lipinski definition) is 3. The molecule has 0 radical (unpaired) electrons. The SMILES string of the molecule is Cc1cc(C(C)(C)C)c(O)c(C)c1COC(=O)[C@]1(C)CCC[C@@]2(C)C1CC=C1C=C(C(C)C)CC[C@@H]12. The third kappa shape index (κ3) is 4.45. The van der Waals surface area contributed by atoms with Gasteiger partial charge in [-0.1, -0.05) is 71.8 Å². The van der Waals surface area contributed by atoms with Gasteiger partial charge < -0.3 is 9.84 Å². The maximum atomic E-state index is 13.8. The highest BCUT2D eigenvalue weighted by Crippen LogP contribution is 2.62. The van der Waals surface area contributed by atoms with Gasteiger partial charge >= 0.3 is 5.97 Å². The average Bonchev–Trinajstić information content (AvgIpc) is 2.79. The van der Waals surface area contributed by atoms with Crippen LogP contribution in [-0.4, -0.2) is 11.1 Å². The first-order chi connectivity index (χ1) is 16.7. The van der Waals surface area contributed by atoms with E-state index in [1.165, 1.54) is 24.8 Å². The molecule has 36 heavy (non-hydrogen) atoms. The van der Waals surface area contributed by atoms with E-state index in [0.29, 0.717) is 23.5 Å². The third-order valence-corrected chi connectivity index (χ3v) is 10.1. The summed E-state index contributed by atoms with van der Waals surface area (Å²) in [7, 11) is 0. The molecule has 1 aromatic rings. The van der Waals surface area contributed by atoms with Crippen molar-refractivity contribution in [1.82, 2.24) is 0 Å². The number of esters is 1. The van der Waals surface area contributed by atoms with Crippen LogP contribution < -0.4 is 0 Å². The number of rotatable bonds is 4. The Morgan fingerprint density at radius 1 is 1.19 bits per heavy atom. The fourth-order valence-corrected chi connectivity index (χ4v) is 7.70. The number of aromatic hydroxyl groups is 1. The van der Waals surface area contributed by atoms with Crippen molar-refractivity contribution >= 4 is 5.97 Å². The van der Waals surface area contributed by atoms with Gasteiger partial charge in [0.05, 0.1) is 5.41 Å². The summed E-state index contributed by atoms with van der Waals surface area (Å²) in [5, 5.41) is 10.9. The van der Waals surface area contributed by atoms with E-state index in [1.54, 1.807) is 5.57 Å². The van der Waals surface area contributed by atoms with Crippen molar-refractivity contribution in [2.45, 2.75) is 113 Å². The van der Waals surface area contributed by atoms with Crippen molar-refractivity contribution < 1.29 is 14.6 Å². The number of fused-ring (bicyclic) bond motifs is 3. The summed E-state index contributed by atoms with van der Waals surface area (Å²) >= 11 is 0. The van der Waals surface area contributed by atoms with Crippen LogP contribution in [0.1, 0.15) is 109 Å². The molecule has 0 heterocycles. The number of ether oxygens (including phenoxy) is 1. The number of benzene rings is 1. The van der Waals surface area contributed by atoms with E-state index in [4.69, 9.17) is 4.74 Å². The largest absolute Gasteiger partial charge is 0.507 e. The lowest BCUT2D eigenvalue weighted by Gasteiger charge is -2.57. The Bertz CT molecular complexity index is 1100. The summed E-state index contributed by atoms with van der Waals surface area (Å²) in [4.78, 5) is 13.8. The molecule has 3 nitrogen and oxygen atoms in total. The van der Waals surface area contributed by atoms with Crippen LogP contribution in [0.4, 0.5) is 0 Å². The van der Waals surface area contributed by atoms with Gasteiger partial charge in [-0.3, -0.25) is 4.79 Å². The number of phenols is 1. The van der Waals surface area contributed by atoms with Crippen LogP contribution in [0.15, 0.2) is 29.4 Å². The predicted octanol–water partition coefficient (Wildman–Crippen LogP) is 8.48.